The maximum absolute atomic E-state index is 14.6. The molecule has 0 amide bonds. The van der Waals surface area contributed by atoms with Gasteiger partial charge >= 0.3 is 0 Å². The van der Waals surface area contributed by atoms with Gasteiger partial charge < -0.3 is 57.1 Å². The Morgan fingerprint density at radius 3 is 2.10 bits per heavy atom. The fourth-order valence-electron chi connectivity index (χ4n) is 3.18. The molecule has 3 rings (SSSR count). The van der Waals surface area contributed by atoms with Crippen molar-refractivity contribution >= 4 is 22.6 Å². The first kappa shape index (κ1) is 34.8. The van der Waals surface area contributed by atoms with Gasteiger partial charge in [0.25, 0.3) is 0 Å². The zero-order valence-electron chi connectivity index (χ0n) is 16.8. The molecule has 0 radical (unpaired) electrons. The number of fused-ring (bicyclic) bond motifs is 1. The highest BCUT2D eigenvalue weighted by atomic mass is 19.1. The van der Waals surface area contributed by atoms with Crippen LogP contribution >= 0.6 is 0 Å². The number of rotatable bonds is 3. The number of nitrogens with one attached hydrogen (secondary N) is 1. The first-order valence-corrected chi connectivity index (χ1v) is 8.06. The smallest absolute Gasteiger partial charge is 0.198 e. The van der Waals surface area contributed by atoms with E-state index in [0.29, 0.717) is 17.7 Å². The number of aromatic carboxylic acids is 1. The molecule has 0 spiro atoms. The molecule has 2 heterocycles. The first-order valence-electron chi connectivity index (χ1n) is 8.06. The fourth-order valence-corrected chi connectivity index (χ4v) is 3.18. The Morgan fingerprint density at radius 2 is 1.63 bits per heavy atom. The summed E-state index contributed by atoms with van der Waals surface area (Å²) in [7, 11) is 2.10. The standard InChI is InChI=1S/C17H20FN3O3.6H2O/c1-3-20-10-12(17(23)24)16(22)11-8-13(18)15(9-14(11)20)21-6-4-19(2)5-7-21;;;;;;/h8-10H,3-7H2,1-2H3,(H,23,24);6*1H2. The number of aryl methyl sites for hydroxylation is 1. The molecule has 13 heteroatoms. The number of piperazine rings is 1. The molecule has 1 aliphatic rings. The summed E-state index contributed by atoms with van der Waals surface area (Å²) < 4.78 is 16.2. The van der Waals surface area contributed by atoms with Crippen LogP contribution in [0.4, 0.5) is 10.1 Å². The molecule has 1 aromatic carbocycles. The number of pyridine rings is 1. The highest BCUT2D eigenvalue weighted by Crippen LogP contribution is 2.25. The van der Waals surface area contributed by atoms with E-state index in [1.165, 1.54) is 11.1 Å². The number of nitrogens with zero attached hydrogens (tertiary/aromatic N) is 2. The van der Waals surface area contributed by atoms with Crippen molar-refractivity contribution in [3.05, 3.63) is 39.9 Å². The lowest BCUT2D eigenvalue weighted by Crippen LogP contribution is -3.12. The summed E-state index contributed by atoms with van der Waals surface area (Å²) in [5.41, 5.74) is -0.157. The van der Waals surface area contributed by atoms with E-state index in [-0.39, 0.29) is 38.2 Å². The summed E-state index contributed by atoms with van der Waals surface area (Å²) in [6.07, 6.45) is 1.27. The van der Waals surface area contributed by atoms with E-state index in [1.807, 2.05) is 11.8 Å². The Hall–Kier alpha value is -2.65. The Bertz CT molecular complexity index is 868. The van der Waals surface area contributed by atoms with Crippen LogP contribution in [0.25, 0.3) is 10.9 Å². The van der Waals surface area contributed by atoms with Gasteiger partial charge in [-0.3, -0.25) is 4.79 Å². The predicted molar refractivity (Wildman–Crippen MR) is 109 cm³/mol. The Balaban J connectivity index is -0.000000563. The van der Waals surface area contributed by atoms with E-state index < -0.39 is 22.8 Å². The number of halogens is 1. The second-order valence-corrected chi connectivity index (χ2v) is 6.21. The van der Waals surface area contributed by atoms with E-state index in [4.69, 9.17) is 0 Å². The third-order valence-electron chi connectivity index (χ3n) is 4.67. The van der Waals surface area contributed by atoms with Gasteiger partial charge in [-0.15, -0.1) is 0 Å². The second-order valence-electron chi connectivity index (χ2n) is 6.21. The van der Waals surface area contributed by atoms with E-state index in [0.717, 1.165) is 32.2 Å². The number of aromatic nitrogens is 1. The van der Waals surface area contributed by atoms with Crippen LogP contribution in [0, 0.1) is 5.82 Å². The van der Waals surface area contributed by atoms with E-state index in [9.17, 15) is 19.1 Å². The lowest BCUT2D eigenvalue weighted by atomic mass is 10.1. The first-order chi connectivity index (χ1) is 11.4. The van der Waals surface area contributed by atoms with Crippen LogP contribution in [-0.4, -0.2) is 76.6 Å². The van der Waals surface area contributed by atoms with Gasteiger partial charge in [-0.2, -0.15) is 0 Å². The van der Waals surface area contributed by atoms with Crippen LogP contribution in [0.2, 0.25) is 0 Å². The number of hydrogen-bond donors (Lipinski definition) is 1. The van der Waals surface area contributed by atoms with Gasteiger partial charge in [0.2, 0.25) is 0 Å². The van der Waals surface area contributed by atoms with Crippen LogP contribution in [0.5, 0.6) is 0 Å². The van der Waals surface area contributed by atoms with Crippen molar-refractivity contribution in [2.24, 2.45) is 0 Å². The van der Waals surface area contributed by atoms with E-state index in [1.54, 1.807) is 10.6 Å². The van der Waals surface area contributed by atoms with Gasteiger partial charge in [0.15, 0.2) is 5.43 Å². The van der Waals surface area contributed by atoms with Crippen LogP contribution in [0.15, 0.2) is 23.1 Å². The van der Waals surface area contributed by atoms with E-state index in [2.05, 4.69) is 7.05 Å². The summed E-state index contributed by atoms with van der Waals surface area (Å²) in [5.74, 6) is -2.05. The van der Waals surface area contributed by atoms with Gasteiger partial charge in [-0.05, 0) is 19.1 Å². The van der Waals surface area contributed by atoms with Crippen molar-refractivity contribution in [2.45, 2.75) is 13.5 Å². The molecule has 0 aliphatic carbocycles. The largest absolute Gasteiger partial charge is 0.545 e. The summed E-state index contributed by atoms with van der Waals surface area (Å²) in [6, 6.07) is 2.80. The maximum atomic E-state index is 14.6. The molecular weight excluding hydrogens is 409 g/mol. The van der Waals surface area contributed by atoms with Gasteiger partial charge in [-0.25, -0.2) is 4.39 Å². The topological polar surface area (TPSA) is 259 Å². The van der Waals surface area contributed by atoms with Crippen LogP contribution in [0.3, 0.4) is 0 Å². The van der Waals surface area contributed by atoms with Crippen LogP contribution in [-0.2, 0) is 6.54 Å². The average Bonchev–Trinajstić information content (AvgIpc) is 2.56. The zero-order valence-corrected chi connectivity index (χ0v) is 16.8. The molecule has 30 heavy (non-hydrogen) atoms. The highest BCUT2D eigenvalue weighted by molar-refractivity contribution is 5.92. The number of hydrogen-bond acceptors (Lipinski definition) is 4. The summed E-state index contributed by atoms with van der Waals surface area (Å²) in [4.78, 5) is 26.8. The lowest BCUT2D eigenvalue weighted by molar-refractivity contribution is -0.880. The van der Waals surface area contributed by atoms with Crippen molar-refractivity contribution in [2.75, 3.05) is 38.1 Å². The number of quaternary nitrogens is 1. The van der Waals surface area contributed by atoms with Gasteiger partial charge in [0.05, 0.1) is 56.0 Å². The molecule has 0 unspecified atom stereocenters. The highest BCUT2D eigenvalue weighted by Gasteiger charge is 2.21. The molecule has 12 nitrogen and oxygen atoms in total. The van der Waals surface area contributed by atoms with Gasteiger partial charge in [0.1, 0.15) is 5.82 Å². The normalized spacial score (nSPS) is 12.7. The predicted octanol–water partition coefficient (Wildman–Crippen LogP) is -6.09. The van der Waals surface area contributed by atoms with Crippen molar-refractivity contribution in [1.29, 1.82) is 0 Å². The van der Waals surface area contributed by atoms with Crippen molar-refractivity contribution in [1.82, 2.24) is 4.57 Å². The number of carboxylic acids is 1. The molecule has 1 aliphatic heterocycles. The number of likely N-dealkylation sites (N-methyl/N-ethyl adjacent to an activating group) is 1. The average molecular weight is 441 g/mol. The molecule has 0 saturated carbocycles. The summed E-state index contributed by atoms with van der Waals surface area (Å²) in [6.45, 7) is 5.62. The monoisotopic (exact) mass is 441 g/mol. The minimum atomic E-state index is -1.55. The number of benzene rings is 1. The molecule has 1 saturated heterocycles. The van der Waals surface area contributed by atoms with Gasteiger partial charge in [-0.1, -0.05) is 0 Å². The second kappa shape index (κ2) is 13.6. The number of carbonyl (C=O) groups is 1. The number of carbonyl (C=O) groups excluding carboxylic acids is 1. The van der Waals surface area contributed by atoms with E-state index >= 15 is 0 Å². The molecule has 176 valence electrons. The van der Waals surface area contributed by atoms with Crippen molar-refractivity contribution in [3.8, 4) is 0 Å². The number of anilines is 1. The van der Waals surface area contributed by atoms with Gasteiger partial charge in [0, 0.05) is 18.1 Å². The third-order valence-corrected chi connectivity index (χ3v) is 4.67. The molecule has 2 aromatic rings. The molecule has 0 atom stereocenters. The third kappa shape index (κ3) is 6.17. The van der Waals surface area contributed by atoms with Crippen molar-refractivity contribution in [3.63, 3.8) is 0 Å². The fraction of sp³-hybridized carbons (Fsp3) is 0.412. The molecule has 13 N–H and O–H groups in total. The molecule has 0 bridgehead atoms. The molecular formula is C17H32FN3O9. The molecule has 1 aromatic heterocycles. The summed E-state index contributed by atoms with van der Waals surface area (Å²) in [5, 5.41) is 11.2. The van der Waals surface area contributed by atoms with Crippen LogP contribution < -0.4 is 20.3 Å². The lowest BCUT2D eigenvalue weighted by Gasteiger charge is -2.32. The van der Waals surface area contributed by atoms with Crippen LogP contribution in [0.1, 0.15) is 17.3 Å². The minimum Gasteiger partial charge on any atom is -0.545 e. The zero-order chi connectivity index (χ0) is 17.4. The minimum absolute atomic E-state index is 0. The molecule has 1 fully saturated rings. The summed E-state index contributed by atoms with van der Waals surface area (Å²) >= 11 is 0. The maximum Gasteiger partial charge on any atom is 0.198 e. The Labute approximate surface area is 171 Å². The SMILES string of the molecule is CCn1cc(C(=O)[O-])c(=O)c2cc(F)c(N3CC[NH+](C)CC3)cc21.O.O.O.O.O.O. The quantitative estimate of drug-likeness (QED) is 0.487. The Kier molecular flexibility index (Phi) is 15.7. The number of carboxylic acid groups (broad SMARTS) is 1. The van der Waals surface area contributed by atoms with Crippen molar-refractivity contribution < 1.29 is 52.0 Å². The Morgan fingerprint density at radius 1 is 1.10 bits per heavy atom.